The molecule has 62 valence electrons. The van der Waals surface area contributed by atoms with Crippen molar-refractivity contribution in [2.45, 2.75) is 18.9 Å². The number of carboxylic acids is 1. The van der Waals surface area contributed by atoms with E-state index in [1.807, 2.05) is 0 Å². The van der Waals surface area contributed by atoms with E-state index in [0.29, 0.717) is 12.8 Å². The average Bonchev–Trinajstić information content (AvgIpc) is 1.97. The van der Waals surface area contributed by atoms with Gasteiger partial charge in [0.2, 0.25) is 0 Å². The van der Waals surface area contributed by atoms with Gasteiger partial charge in [-0.1, -0.05) is 5.92 Å². The second-order valence-electron chi connectivity index (χ2n) is 1.97. The van der Waals surface area contributed by atoms with Crippen molar-refractivity contribution < 1.29 is 9.90 Å². The van der Waals surface area contributed by atoms with Crippen LogP contribution in [0.15, 0.2) is 0 Å². The van der Waals surface area contributed by atoms with Gasteiger partial charge in [0.15, 0.2) is 0 Å². The van der Waals surface area contributed by atoms with Gasteiger partial charge in [-0.25, -0.2) is 0 Å². The lowest BCUT2D eigenvalue weighted by Gasteiger charge is -2.00. The predicted octanol–water partition coefficient (Wildman–Crippen LogP) is 0.421. The molecule has 0 saturated carbocycles. The van der Waals surface area contributed by atoms with Crippen LogP contribution in [0, 0.1) is 11.8 Å². The number of hydrogen-bond donors (Lipinski definition) is 2. The van der Waals surface area contributed by atoms with Crippen LogP contribution in [0.5, 0.6) is 0 Å². The van der Waals surface area contributed by atoms with E-state index in [4.69, 9.17) is 22.4 Å². The molecule has 1 unspecified atom stereocenters. The third-order valence-corrected chi connectivity index (χ3v) is 1.22. The van der Waals surface area contributed by atoms with E-state index in [1.54, 1.807) is 0 Å². The van der Waals surface area contributed by atoms with Crippen LogP contribution in [0.1, 0.15) is 12.8 Å². The molecule has 0 aromatic carbocycles. The number of alkyl halides is 1. The lowest BCUT2D eigenvalue weighted by Crippen LogP contribution is -2.29. The first-order valence-electron chi connectivity index (χ1n) is 3.18. The van der Waals surface area contributed by atoms with Crippen molar-refractivity contribution in [3.05, 3.63) is 0 Å². The summed E-state index contributed by atoms with van der Waals surface area (Å²) in [6.45, 7) is 0. The highest BCUT2D eigenvalue weighted by atomic mass is 35.5. The number of hydrogen-bond acceptors (Lipinski definition) is 2. The number of rotatable bonds is 3. The lowest BCUT2D eigenvalue weighted by molar-refractivity contribution is -0.138. The fourth-order valence-electron chi connectivity index (χ4n) is 0.487. The number of halogens is 1. The summed E-state index contributed by atoms with van der Waals surface area (Å²) in [6.07, 6.45) is 0.861. The zero-order chi connectivity index (χ0) is 8.69. The Morgan fingerprint density at radius 3 is 2.73 bits per heavy atom. The van der Waals surface area contributed by atoms with Crippen LogP contribution >= 0.6 is 11.6 Å². The number of aliphatic carboxylic acids is 1. The molecule has 1 atom stereocenters. The first kappa shape index (κ1) is 10.3. The van der Waals surface area contributed by atoms with Gasteiger partial charge < -0.3 is 10.8 Å². The average molecular weight is 176 g/mol. The summed E-state index contributed by atoms with van der Waals surface area (Å²) < 4.78 is 0. The van der Waals surface area contributed by atoms with Crippen molar-refractivity contribution in [1.29, 1.82) is 0 Å². The number of carboxylic acid groups (broad SMARTS) is 1. The van der Waals surface area contributed by atoms with Crippen molar-refractivity contribution in [3.63, 3.8) is 0 Å². The van der Waals surface area contributed by atoms with E-state index < -0.39 is 12.0 Å². The zero-order valence-corrected chi connectivity index (χ0v) is 6.77. The molecule has 0 spiro atoms. The summed E-state index contributed by atoms with van der Waals surface area (Å²) in [5.74, 6) is 4.60. The molecule has 0 heterocycles. The van der Waals surface area contributed by atoms with Crippen LogP contribution in [0.3, 0.4) is 0 Å². The molecular weight excluding hydrogens is 166 g/mol. The van der Waals surface area contributed by atoms with Gasteiger partial charge in [0.05, 0.1) is 5.88 Å². The first-order valence-corrected chi connectivity index (χ1v) is 3.72. The highest BCUT2D eigenvalue weighted by Crippen LogP contribution is 1.92. The molecule has 4 heteroatoms. The summed E-state index contributed by atoms with van der Waals surface area (Å²) >= 11 is 5.26. The Balaban J connectivity index is 3.46. The van der Waals surface area contributed by atoms with Gasteiger partial charge in [0.1, 0.15) is 6.04 Å². The zero-order valence-electron chi connectivity index (χ0n) is 6.01. The maximum absolute atomic E-state index is 10.2. The van der Waals surface area contributed by atoms with Gasteiger partial charge in [0.25, 0.3) is 0 Å². The lowest BCUT2D eigenvalue weighted by atomic mass is 10.2. The van der Waals surface area contributed by atoms with Crippen LogP contribution in [-0.2, 0) is 4.79 Å². The van der Waals surface area contributed by atoms with E-state index in [1.165, 1.54) is 0 Å². The monoisotopic (exact) mass is 175 g/mol. The normalized spacial score (nSPS) is 11.5. The van der Waals surface area contributed by atoms with Crippen LogP contribution in [0.25, 0.3) is 0 Å². The highest BCUT2D eigenvalue weighted by molar-refractivity contribution is 6.19. The van der Waals surface area contributed by atoms with Crippen molar-refractivity contribution in [1.82, 2.24) is 0 Å². The van der Waals surface area contributed by atoms with Crippen molar-refractivity contribution in [2.75, 3.05) is 5.88 Å². The number of carbonyl (C=O) groups is 1. The minimum atomic E-state index is -0.988. The number of nitrogens with two attached hydrogens (primary N) is 1. The molecule has 0 fully saturated rings. The summed E-state index contributed by atoms with van der Waals surface area (Å²) in [5.41, 5.74) is 5.20. The Bertz CT molecular complexity index is 183. The van der Waals surface area contributed by atoms with E-state index >= 15 is 0 Å². The van der Waals surface area contributed by atoms with E-state index in [2.05, 4.69) is 11.8 Å². The summed E-state index contributed by atoms with van der Waals surface area (Å²) in [7, 11) is 0. The van der Waals surface area contributed by atoms with E-state index in [0.717, 1.165) is 0 Å². The Kier molecular flexibility index (Phi) is 5.63. The van der Waals surface area contributed by atoms with Gasteiger partial charge in [-0.15, -0.1) is 17.5 Å². The molecular formula is C7H10ClNO2. The summed E-state index contributed by atoms with van der Waals surface area (Å²) in [5, 5.41) is 8.34. The quantitative estimate of drug-likeness (QED) is 0.483. The topological polar surface area (TPSA) is 63.3 Å². The third kappa shape index (κ3) is 5.71. The van der Waals surface area contributed by atoms with E-state index in [-0.39, 0.29) is 5.88 Å². The Hall–Kier alpha value is -0.720. The predicted molar refractivity (Wildman–Crippen MR) is 43.3 cm³/mol. The van der Waals surface area contributed by atoms with Gasteiger partial charge in [-0.3, -0.25) is 4.79 Å². The molecule has 0 rings (SSSR count). The molecule has 0 saturated heterocycles. The second kappa shape index (κ2) is 6.02. The largest absolute Gasteiger partial charge is 0.480 e. The van der Waals surface area contributed by atoms with Gasteiger partial charge in [-0.2, -0.15) is 0 Å². The van der Waals surface area contributed by atoms with Crippen molar-refractivity contribution in [2.24, 2.45) is 5.73 Å². The molecule has 0 amide bonds. The van der Waals surface area contributed by atoms with Crippen LogP contribution in [0.2, 0.25) is 0 Å². The van der Waals surface area contributed by atoms with Gasteiger partial charge in [0, 0.05) is 6.42 Å². The van der Waals surface area contributed by atoms with Gasteiger partial charge in [-0.05, 0) is 6.42 Å². The van der Waals surface area contributed by atoms with Crippen molar-refractivity contribution >= 4 is 17.6 Å². The minimum absolute atomic E-state index is 0.280. The van der Waals surface area contributed by atoms with Crippen LogP contribution in [0.4, 0.5) is 0 Å². The Morgan fingerprint density at radius 1 is 1.64 bits per heavy atom. The maximum atomic E-state index is 10.2. The maximum Gasteiger partial charge on any atom is 0.320 e. The molecule has 0 radical (unpaired) electrons. The van der Waals surface area contributed by atoms with E-state index in [9.17, 15) is 4.79 Å². The fraction of sp³-hybridized carbons (Fsp3) is 0.571. The highest BCUT2D eigenvalue weighted by Gasteiger charge is 2.08. The molecule has 0 aromatic rings. The van der Waals surface area contributed by atoms with Crippen LogP contribution < -0.4 is 5.73 Å². The third-order valence-electron chi connectivity index (χ3n) is 1.09. The molecule has 11 heavy (non-hydrogen) atoms. The first-order chi connectivity index (χ1) is 5.18. The molecule has 0 aromatic heterocycles. The fourth-order valence-corrected chi connectivity index (χ4v) is 0.581. The summed E-state index contributed by atoms with van der Waals surface area (Å²) in [6, 6.07) is -0.806. The Labute approximate surface area is 70.5 Å². The summed E-state index contributed by atoms with van der Waals surface area (Å²) in [4.78, 5) is 10.2. The molecule has 3 nitrogen and oxygen atoms in total. The minimum Gasteiger partial charge on any atom is -0.480 e. The molecule has 0 aliphatic carbocycles. The van der Waals surface area contributed by atoms with Crippen LogP contribution in [-0.4, -0.2) is 23.0 Å². The standard InChI is InChI=1S/C7H10ClNO2/c8-5-3-1-2-4-6(9)7(10)11/h6H,2,4-5,9H2,(H,10,11). The molecule has 0 bridgehead atoms. The smallest absolute Gasteiger partial charge is 0.320 e. The molecule has 0 aliphatic rings. The SMILES string of the molecule is NC(CCC#CCCl)C(=O)O. The second-order valence-corrected chi connectivity index (χ2v) is 2.24. The Morgan fingerprint density at radius 2 is 2.27 bits per heavy atom. The molecule has 3 N–H and O–H groups in total. The molecule has 0 aliphatic heterocycles. The van der Waals surface area contributed by atoms with Crippen molar-refractivity contribution in [3.8, 4) is 11.8 Å². The van der Waals surface area contributed by atoms with Gasteiger partial charge >= 0.3 is 5.97 Å².